The van der Waals surface area contributed by atoms with Crippen molar-refractivity contribution in [2.45, 2.75) is 80.4 Å². The molecule has 6 heteroatoms. The minimum atomic E-state index is -0.583. The van der Waals surface area contributed by atoms with E-state index in [1.54, 1.807) is 0 Å². The average Bonchev–Trinajstić information content (AvgIpc) is 2.68. The first-order valence-electron chi connectivity index (χ1n) is 12.1. The van der Waals surface area contributed by atoms with Crippen LogP contribution in [0.15, 0.2) is 59.7 Å². The second kappa shape index (κ2) is 11.5. The minimum absolute atomic E-state index is 0.498. The monoisotopic (exact) mass is 492 g/mol. The van der Waals surface area contributed by atoms with E-state index in [0.29, 0.717) is 11.4 Å². The van der Waals surface area contributed by atoms with Crippen LogP contribution < -0.4 is 10.6 Å². The van der Waals surface area contributed by atoms with Gasteiger partial charge in [0.15, 0.2) is 0 Å². The van der Waals surface area contributed by atoms with Crippen LogP contribution in [-0.2, 0) is 9.47 Å². The van der Waals surface area contributed by atoms with E-state index in [0.717, 1.165) is 33.4 Å². The summed E-state index contributed by atoms with van der Waals surface area (Å²) in [5, 5.41) is 5.66. The largest absolute Gasteiger partial charge is 0.444 e. The highest BCUT2D eigenvalue weighted by Gasteiger charge is 2.19. The SMILES string of the molecule is CC(C)=C(C(=C(C)C)c1cccc(NC(=O)OC(C)(C)C)c1)c1cccc(NC(=O)OC(C)(C)C)c1. The van der Waals surface area contributed by atoms with Crippen LogP contribution in [0.2, 0.25) is 0 Å². The first-order chi connectivity index (χ1) is 16.6. The number of allylic oxidation sites excluding steroid dienone is 4. The topological polar surface area (TPSA) is 76.7 Å². The van der Waals surface area contributed by atoms with Crippen LogP contribution >= 0.6 is 0 Å². The molecule has 0 aliphatic carbocycles. The van der Waals surface area contributed by atoms with E-state index in [1.807, 2.05) is 90.1 Å². The van der Waals surface area contributed by atoms with Gasteiger partial charge >= 0.3 is 12.2 Å². The summed E-state index contributed by atoms with van der Waals surface area (Å²) in [5.74, 6) is 0. The zero-order valence-electron chi connectivity index (χ0n) is 23.3. The third-order valence-corrected chi connectivity index (χ3v) is 4.84. The molecule has 36 heavy (non-hydrogen) atoms. The molecular weight excluding hydrogens is 452 g/mol. The van der Waals surface area contributed by atoms with Crippen LogP contribution in [0, 0.1) is 0 Å². The lowest BCUT2D eigenvalue weighted by molar-refractivity contribution is 0.0624. The average molecular weight is 493 g/mol. The summed E-state index contributed by atoms with van der Waals surface area (Å²) in [7, 11) is 0. The molecule has 194 valence electrons. The molecule has 0 heterocycles. The van der Waals surface area contributed by atoms with Crippen molar-refractivity contribution >= 4 is 34.7 Å². The molecule has 0 bridgehead atoms. The van der Waals surface area contributed by atoms with E-state index in [9.17, 15) is 9.59 Å². The van der Waals surface area contributed by atoms with Crippen molar-refractivity contribution in [1.82, 2.24) is 0 Å². The van der Waals surface area contributed by atoms with Gasteiger partial charge in [-0.2, -0.15) is 0 Å². The molecule has 2 rings (SSSR count). The maximum Gasteiger partial charge on any atom is 0.412 e. The van der Waals surface area contributed by atoms with E-state index in [2.05, 4.69) is 38.3 Å². The Bertz CT molecular complexity index is 1080. The van der Waals surface area contributed by atoms with E-state index in [4.69, 9.17) is 9.47 Å². The lowest BCUT2D eigenvalue weighted by Crippen LogP contribution is -2.27. The maximum absolute atomic E-state index is 12.3. The molecule has 0 radical (unpaired) electrons. The maximum atomic E-state index is 12.3. The van der Waals surface area contributed by atoms with Crippen LogP contribution in [0.25, 0.3) is 11.1 Å². The van der Waals surface area contributed by atoms with Crippen LogP contribution in [0.1, 0.15) is 80.4 Å². The molecule has 0 spiro atoms. The molecule has 0 saturated heterocycles. The molecular formula is C30H40N2O4. The van der Waals surface area contributed by atoms with Gasteiger partial charge in [-0.15, -0.1) is 0 Å². The molecule has 0 saturated carbocycles. The number of benzene rings is 2. The van der Waals surface area contributed by atoms with E-state index < -0.39 is 23.4 Å². The summed E-state index contributed by atoms with van der Waals surface area (Å²) in [6.07, 6.45) is -0.997. The number of anilines is 2. The fourth-order valence-corrected chi connectivity index (χ4v) is 3.71. The lowest BCUT2D eigenvalue weighted by atomic mass is 9.86. The summed E-state index contributed by atoms with van der Waals surface area (Å²) in [5.41, 5.74) is 6.39. The second-order valence-electron chi connectivity index (χ2n) is 11.2. The Morgan fingerprint density at radius 1 is 0.611 bits per heavy atom. The molecule has 2 N–H and O–H groups in total. The summed E-state index contributed by atoms with van der Waals surface area (Å²) < 4.78 is 10.8. The van der Waals surface area contributed by atoms with Gasteiger partial charge in [0.05, 0.1) is 0 Å². The Kier molecular flexibility index (Phi) is 9.14. The van der Waals surface area contributed by atoms with Crippen molar-refractivity contribution in [3.05, 3.63) is 70.8 Å². The molecule has 6 nitrogen and oxygen atoms in total. The van der Waals surface area contributed by atoms with Gasteiger partial charge in [-0.1, -0.05) is 35.4 Å². The predicted molar refractivity (Wildman–Crippen MR) is 149 cm³/mol. The minimum Gasteiger partial charge on any atom is -0.444 e. The van der Waals surface area contributed by atoms with Gasteiger partial charge in [-0.05, 0) is 116 Å². The molecule has 2 aromatic carbocycles. The van der Waals surface area contributed by atoms with Gasteiger partial charge in [0.2, 0.25) is 0 Å². The number of hydrogen-bond acceptors (Lipinski definition) is 4. The highest BCUT2D eigenvalue weighted by molar-refractivity contribution is 6.08. The van der Waals surface area contributed by atoms with Crippen LogP contribution in [0.3, 0.4) is 0 Å². The number of amides is 2. The number of hydrogen-bond donors (Lipinski definition) is 2. The van der Waals surface area contributed by atoms with Crippen molar-refractivity contribution < 1.29 is 19.1 Å². The molecule has 0 unspecified atom stereocenters. The van der Waals surface area contributed by atoms with Gasteiger partial charge in [-0.25, -0.2) is 9.59 Å². The Labute approximate surface area is 215 Å². The molecule has 0 atom stereocenters. The fraction of sp³-hybridized carbons (Fsp3) is 0.400. The number of carbonyl (C=O) groups is 2. The normalized spacial score (nSPS) is 11.3. The molecule has 0 fully saturated rings. The molecule has 0 aromatic heterocycles. The van der Waals surface area contributed by atoms with Gasteiger partial charge < -0.3 is 9.47 Å². The zero-order valence-corrected chi connectivity index (χ0v) is 23.3. The van der Waals surface area contributed by atoms with E-state index in [1.165, 1.54) is 0 Å². The summed E-state index contributed by atoms with van der Waals surface area (Å²) in [6, 6.07) is 15.4. The third kappa shape index (κ3) is 8.91. The molecule has 2 amide bonds. The van der Waals surface area contributed by atoms with Crippen molar-refractivity contribution in [3.63, 3.8) is 0 Å². The van der Waals surface area contributed by atoms with E-state index in [-0.39, 0.29) is 0 Å². The Balaban J connectivity index is 2.44. The number of rotatable bonds is 5. The van der Waals surface area contributed by atoms with Crippen molar-refractivity contribution in [3.8, 4) is 0 Å². The van der Waals surface area contributed by atoms with Crippen molar-refractivity contribution in [1.29, 1.82) is 0 Å². The molecule has 2 aromatic rings. The highest BCUT2D eigenvalue weighted by Crippen LogP contribution is 2.38. The van der Waals surface area contributed by atoms with Crippen LogP contribution in [0.5, 0.6) is 0 Å². The molecule has 0 aliphatic heterocycles. The number of ether oxygens (including phenoxy) is 2. The van der Waals surface area contributed by atoms with Crippen molar-refractivity contribution in [2.24, 2.45) is 0 Å². The predicted octanol–water partition coefficient (Wildman–Crippen LogP) is 8.67. The third-order valence-electron chi connectivity index (χ3n) is 4.84. The number of carbonyl (C=O) groups excluding carboxylic acids is 2. The number of nitrogens with one attached hydrogen (secondary N) is 2. The quantitative estimate of drug-likeness (QED) is 0.409. The summed E-state index contributed by atoms with van der Waals surface area (Å²) in [4.78, 5) is 24.6. The Morgan fingerprint density at radius 3 is 1.22 bits per heavy atom. The van der Waals surface area contributed by atoms with Gasteiger partial charge in [-0.3, -0.25) is 10.6 Å². The molecule has 0 aliphatic rings. The standard InChI is InChI=1S/C30H40N2O4/c1-19(2)25(21-13-11-15-23(17-21)31-27(33)35-29(5,6)7)26(20(3)4)22-14-12-16-24(18-22)32-28(34)36-30(8,9)10/h11-18H,1-10H3,(H,31,33)(H,32,34). The fourth-order valence-electron chi connectivity index (χ4n) is 3.71. The van der Waals surface area contributed by atoms with Crippen LogP contribution in [0.4, 0.5) is 21.0 Å². The van der Waals surface area contributed by atoms with Gasteiger partial charge in [0, 0.05) is 11.4 Å². The Hall–Kier alpha value is -3.54. The first-order valence-corrected chi connectivity index (χ1v) is 12.1. The Morgan fingerprint density at radius 2 is 0.944 bits per heavy atom. The smallest absolute Gasteiger partial charge is 0.412 e. The van der Waals surface area contributed by atoms with Crippen molar-refractivity contribution in [2.75, 3.05) is 10.6 Å². The van der Waals surface area contributed by atoms with E-state index >= 15 is 0 Å². The first kappa shape index (κ1) is 28.7. The van der Waals surface area contributed by atoms with Gasteiger partial charge in [0.25, 0.3) is 0 Å². The van der Waals surface area contributed by atoms with Gasteiger partial charge in [0.1, 0.15) is 11.2 Å². The van der Waals surface area contributed by atoms with Crippen LogP contribution in [-0.4, -0.2) is 23.4 Å². The highest BCUT2D eigenvalue weighted by atomic mass is 16.6. The lowest BCUT2D eigenvalue weighted by Gasteiger charge is -2.21. The zero-order chi connectivity index (χ0) is 27.3. The second-order valence-corrected chi connectivity index (χ2v) is 11.2. The summed E-state index contributed by atoms with van der Waals surface area (Å²) >= 11 is 0. The summed E-state index contributed by atoms with van der Waals surface area (Å²) in [6.45, 7) is 19.2.